The molecular weight excluding hydrogens is 841 g/mol. The fourth-order valence-electron chi connectivity index (χ4n) is 13.5. The molecule has 14 nitrogen and oxygen atoms in total. The summed E-state index contributed by atoms with van der Waals surface area (Å²) in [5.41, 5.74) is 0.396. The number of carbonyl (C=O) groups is 4. The first kappa shape index (κ1) is 45.7. The maximum Gasteiger partial charge on any atom is 0.344 e. The number of nitrogens with zero attached hydrogens (tertiary/aromatic N) is 3. The van der Waals surface area contributed by atoms with Crippen LogP contribution in [0.1, 0.15) is 95.2 Å². The second-order valence-electron chi connectivity index (χ2n) is 20.3. The molecule has 1 saturated carbocycles. The molecule has 5 aliphatic heterocycles. The normalized spacial score (nSPS) is 32.1. The van der Waals surface area contributed by atoms with Gasteiger partial charge in [0.25, 0.3) is 0 Å². The molecule has 1 aromatic heterocycles. The molecule has 2 aromatic carbocycles. The number of rotatable bonds is 9. The number of aromatic nitrogens is 1. The lowest BCUT2D eigenvalue weighted by molar-refractivity contribution is -0.228. The topological polar surface area (TPSA) is 160 Å². The van der Waals surface area contributed by atoms with Gasteiger partial charge in [-0.3, -0.25) is 19.4 Å². The number of H-pyrrole nitrogens is 1. The molecule has 14 heteroatoms. The quantitative estimate of drug-likeness (QED) is 0.110. The van der Waals surface area contributed by atoms with Gasteiger partial charge in [-0.2, -0.15) is 0 Å². The van der Waals surface area contributed by atoms with Crippen molar-refractivity contribution < 1.29 is 48.0 Å². The molecule has 352 valence electrons. The van der Waals surface area contributed by atoms with E-state index in [-0.39, 0.29) is 12.0 Å². The van der Waals surface area contributed by atoms with Crippen LogP contribution in [0.2, 0.25) is 0 Å². The van der Waals surface area contributed by atoms with E-state index in [1.54, 1.807) is 13.2 Å². The summed E-state index contributed by atoms with van der Waals surface area (Å²) in [6.45, 7) is 14.3. The summed E-state index contributed by atoms with van der Waals surface area (Å²) in [5.74, 6) is -2.00. The number of hydrogen-bond donors (Lipinski definition) is 2. The van der Waals surface area contributed by atoms with Crippen molar-refractivity contribution in [2.75, 3.05) is 59.5 Å². The van der Waals surface area contributed by atoms with E-state index >= 15 is 4.79 Å². The lowest BCUT2D eigenvalue weighted by Gasteiger charge is -2.63. The summed E-state index contributed by atoms with van der Waals surface area (Å²) in [4.78, 5) is 66.4. The van der Waals surface area contributed by atoms with Crippen LogP contribution in [-0.2, 0) is 55.5 Å². The Labute approximate surface area is 386 Å². The van der Waals surface area contributed by atoms with Crippen molar-refractivity contribution in [1.29, 1.82) is 0 Å². The molecule has 1 aliphatic carbocycles. The van der Waals surface area contributed by atoms with E-state index in [9.17, 15) is 19.5 Å². The Kier molecular flexibility index (Phi) is 11.2. The highest BCUT2D eigenvalue weighted by Crippen LogP contribution is 2.68. The van der Waals surface area contributed by atoms with Gasteiger partial charge in [-0.25, -0.2) is 9.59 Å². The molecule has 0 radical (unpaired) electrons. The monoisotopic (exact) mass is 904 g/mol. The molecule has 2 fully saturated rings. The van der Waals surface area contributed by atoms with Gasteiger partial charge in [-0.05, 0) is 99.9 Å². The highest BCUT2D eigenvalue weighted by molar-refractivity contribution is 5.96. The lowest BCUT2D eigenvalue weighted by Crippen LogP contribution is -2.81. The third kappa shape index (κ3) is 6.52. The molecule has 1 saturated heterocycles. The second-order valence-corrected chi connectivity index (χ2v) is 20.3. The number of nitrogens with one attached hydrogen (secondary N) is 1. The smallest absolute Gasteiger partial charge is 0.344 e. The maximum atomic E-state index is 15.5. The van der Waals surface area contributed by atoms with Crippen molar-refractivity contribution in [1.82, 2.24) is 14.8 Å². The summed E-state index contributed by atoms with van der Waals surface area (Å²) < 4.78 is 29.6. The van der Waals surface area contributed by atoms with Crippen LogP contribution in [0, 0.1) is 11.3 Å². The van der Waals surface area contributed by atoms with Crippen molar-refractivity contribution >= 4 is 46.5 Å². The average Bonchev–Trinajstić information content (AvgIpc) is 3.93. The van der Waals surface area contributed by atoms with Crippen LogP contribution < -0.4 is 9.64 Å². The number of methoxy groups -OCH3 is 3. The standard InChI is InChI=1S/C52H64N4O10/c1-11-31-22-33-26-51(46(59)63-9,42-35(29-55(27-31)28-33)34-23-32(14-16-38(34)53-42)15-17-41(58)66-48(4,5)6)37-24-36-39(25-40(37)62-8)54(7)44-50(36)19-21-56-20-13-18-49(12-2,43(50)56)45(65-30(3)57)52(44,61)47(60)64-10/h13-18,22-25,33,43-45,53,61H,11-12,19-21,26-29H2,1-10H3/t33-,43+,44-,45-,49-,50-,51+,52+/m1/s1. The minimum Gasteiger partial charge on any atom is -0.496 e. The molecule has 1 unspecified atom stereocenters. The van der Waals surface area contributed by atoms with Gasteiger partial charge in [0.2, 0.25) is 5.60 Å². The van der Waals surface area contributed by atoms with Gasteiger partial charge in [0.1, 0.15) is 16.8 Å². The zero-order valence-corrected chi connectivity index (χ0v) is 39.9. The highest BCUT2D eigenvalue weighted by Gasteiger charge is 2.80. The first-order chi connectivity index (χ1) is 31.4. The van der Waals surface area contributed by atoms with Crippen molar-refractivity contribution in [3.63, 3.8) is 0 Å². The Morgan fingerprint density at radius 1 is 0.985 bits per heavy atom. The Bertz CT molecular complexity index is 2610. The number of hydrogen-bond acceptors (Lipinski definition) is 13. The van der Waals surface area contributed by atoms with E-state index in [0.29, 0.717) is 62.4 Å². The summed E-state index contributed by atoms with van der Waals surface area (Å²) >= 11 is 0. The molecule has 6 heterocycles. The van der Waals surface area contributed by atoms with Crippen LogP contribution in [0.25, 0.3) is 17.0 Å². The number of benzene rings is 2. The molecule has 6 aliphatic rings. The van der Waals surface area contributed by atoms with Crippen molar-refractivity contribution in [2.24, 2.45) is 11.3 Å². The lowest BCUT2D eigenvalue weighted by atomic mass is 9.47. The molecule has 9 atom stereocenters. The number of aliphatic hydroxyl groups is 1. The van der Waals surface area contributed by atoms with Crippen molar-refractivity contribution in [2.45, 2.75) is 114 Å². The fraction of sp³-hybridized carbons (Fsp3) is 0.538. The van der Waals surface area contributed by atoms with E-state index in [4.69, 9.17) is 23.7 Å². The summed E-state index contributed by atoms with van der Waals surface area (Å²) in [6.07, 6.45) is 10.6. The van der Waals surface area contributed by atoms with Gasteiger partial charge < -0.3 is 38.7 Å². The molecule has 2 bridgehead atoms. The Balaban J connectivity index is 1.32. The third-order valence-electron chi connectivity index (χ3n) is 15.7. The van der Waals surface area contributed by atoms with E-state index in [2.05, 4.69) is 46.0 Å². The van der Waals surface area contributed by atoms with E-state index in [1.807, 2.05) is 63.9 Å². The van der Waals surface area contributed by atoms with Crippen LogP contribution >= 0.6 is 0 Å². The van der Waals surface area contributed by atoms with Crippen LogP contribution in [0.5, 0.6) is 5.75 Å². The molecule has 1 spiro atoms. The highest BCUT2D eigenvalue weighted by atomic mass is 16.6. The zero-order chi connectivity index (χ0) is 47.3. The molecule has 3 aromatic rings. The zero-order valence-electron chi connectivity index (χ0n) is 39.9. The maximum absolute atomic E-state index is 15.5. The minimum atomic E-state index is -2.32. The Morgan fingerprint density at radius 2 is 1.74 bits per heavy atom. The van der Waals surface area contributed by atoms with Crippen molar-refractivity contribution in [3.05, 3.63) is 88.2 Å². The Morgan fingerprint density at radius 3 is 2.41 bits per heavy atom. The van der Waals surface area contributed by atoms with Crippen LogP contribution in [0.15, 0.2) is 60.2 Å². The first-order valence-electron chi connectivity index (χ1n) is 23.3. The number of carbonyl (C=O) groups excluding carboxylic acids is 4. The number of ether oxygens (including phenoxy) is 5. The number of fused-ring (bicyclic) bond motifs is 6. The molecule has 2 N–H and O–H groups in total. The number of likely N-dealkylation sites (N-methyl/N-ethyl adjacent to an activating group) is 1. The second kappa shape index (κ2) is 16.1. The summed E-state index contributed by atoms with van der Waals surface area (Å²) in [5, 5.41) is 14.3. The average molecular weight is 905 g/mol. The van der Waals surface area contributed by atoms with Gasteiger partial charge in [-0.15, -0.1) is 0 Å². The van der Waals surface area contributed by atoms with Crippen LogP contribution in [-0.4, -0.2) is 128 Å². The van der Waals surface area contributed by atoms with Crippen LogP contribution in [0.3, 0.4) is 0 Å². The van der Waals surface area contributed by atoms with Crippen molar-refractivity contribution in [3.8, 4) is 5.75 Å². The molecule has 9 rings (SSSR count). The van der Waals surface area contributed by atoms with Gasteiger partial charge in [-0.1, -0.05) is 43.7 Å². The largest absolute Gasteiger partial charge is 0.496 e. The van der Waals surface area contributed by atoms with Gasteiger partial charge in [0, 0.05) is 97.0 Å². The fourth-order valence-corrected chi connectivity index (χ4v) is 13.5. The first-order valence-corrected chi connectivity index (χ1v) is 23.3. The molecular formula is C52H64N4O10. The van der Waals surface area contributed by atoms with Gasteiger partial charge in [0.15, 0.2) is 6.10 Å². The Hall–Kier alpha value is -5.44. The third-order valence-corrected chi connectivity index (χ3v) is 15.7. The van der Waals surface area contributed by atoms with Gasteiger partial charge >= 0.3 is 23.9 Å². The van der Waals surface area contributed by atoms with E-state index < -0.39 is 63.5 Å². The summed E-state index contributed by atoms with van der Waals surface area (Å²) in [6, 6.07) is 8.74. The minimum absolute atomic E-state index is 0.0481. The predicted octanol–water partition coefficient (Wildman–Crippen LogP) is 6.11. The van der Waals surface area contributed by atoms with E-state index in [0.717, 1.165) is 46.2 Å². The number of aromatic amines is 1. The SMILES string of the molecule is CCC1=C[C@H]2CN(C1)Cc1c([nH]c3ccc(C=CC(=O)OC(C)(C)C)cc13)[C@@](C(=O)OC)(c1cc3c(cc1OC)N(C)[C@H]1[C@@](O)(C(=O)OC)[C@H](OC(C)=O)[C@]4(CC)C=CCN5CC[C@]31[C@@H]54)C2. The predicted molar refractivity (Wildman–Crippen MR) is 249 cm³/mol. The molecule has 0 amide bonds. The summed E-state index contributed by atoms with van der Waals surface area (Å²) in [7, 11) is 6.14. The number of anilines is 1. The molecule has 66 heavy (non-hydrogen) atoms. The number of esters is 4. The van der Waals surface area contributed by atoms with Crippen LogP contribution in [0.4, 0.5) is 5.69 Å². The van der Waals surface area contributed by atoms with Gasteiger partial charge in [0.05, 0.1) is 27.4 Å². The van der Waals surface area contributed by atoms with E-state index in [1.165, 1.54) is 32.8 Å².